The number of hydrogen-bond donors (Lipinski definition) is 0. The molecule has 0 unspecified atom stereocenters. The zero-order valence-electron chi connectivity index (χ0n) is 16.9. The van der Waals surface area contributed by atoms with Gasteiger partial charge in [0.1, 0.15) is 11.0 Å². The number of benzene rings is 1. The van der Waals surface area contributed by atoms with Crippen LogP contribution in [0, 0.1) is 18.7 Å². The van der Waals surface area contributed by atoms with Crippen molar-refractivity contribution < 1.29 is 14.0 Å². The van der Waals surface area contributed by atoms with Crippen LogP contribution in [0.1, 0.15) is 30.5 Å². The van der Waals surface area contributed by atoms with Gasteiger partial charge in [0.25, 0.3) is 0 Å². The first-order chi connectivity index (χ1) is 14.4. The van der Waals surface area contributed by atoms with E-state index >= 15 is 0 Å². The first kappa shape index (κ1) is 20.6. The number of aryl methyl sites for hydroxylation is 1. The monoisotopic (exact) mass is 430 g/mol. The summed E-state index contributed by atoms with van der Waals surface area (Å²) < 4.78 is 14.7. The van der Waals surface area contributed by atoms with Gasteiger partial charge in [-0.3, -0.25) is 9.59 Å². The minimum atomic E-state index is -0.334. The molecule has 1 aliphatic carbocycles. The fraction of sp³-hybridized carbons (Fsp3) is 0.409. The second-order valence-electron chi connectivity index (χ2n) is 7.79. The van der Waals surface area contributed by atoms with Gasteiger partial charge in [-0.1, -0.05) is 18.0 Å². The molecule has 158 valence electrons. The Balaban J connectivity index is 1.40. The van der Waals surface area contributed by atoms with Gasteiger partial charge in [-0.25, -0.2) is 9.07 Å². The number of hydrogen-bond acceptors (Lipinski definition) is 3. The molecule has 6 nitrogen and oxygen atoms in total. The van der Waals surface area contributed by atoms with Crippen LogP contribution in [0.3, 0.4) is 0 Å². The molecule has 2 amide bonds. The molecule has 1 saturated carbocycles. The van der Waals surface area contributed by atoms with Gasteiger partial charge in [0.15, 0.2) is 0 Å². The lowest BCUT2D eigenvalue weighted by atomic mass is 9.84. The Labute approximate surface area is 179 Å². The molecule has 2 heterocycles. The summed E-state index contributed by atoms with van der Waals surface area (Å²) in [7, 11) is 0. The SMILES string of the molecule is Cc1nn(-c2ccc(F)cc2)c(Cl)c1/C=C/C(=O)N1CCN(C(=O)C2CCC2)CC1. The van der Waals surface area contributed by atoms with Crippen LogP contribution in [0.15, 0.2) is 30.3 Å². The highest BCUT2D eigenvalue weighted by molar-refractivity contribution is 6.31. The Kier molecular flexibility index (Phi) is 5.90. The van der Waals surface area contributed by atoms with E-state index in [1.807, 2.05) is 4.90 Å². The molecule has 8 heteroatoms. The number of amides is 2. The molecule has 2 aromatic rings. The van der Waals surface area contributed by atoms with Crippen molar-refractivity contribution in [2.75, 3.05) is 26.2 Å². The molecule has 2 aliphatic rings. The molecule has 0 radical (unpaired) electrons. The number of aromatic nitrogens is 2. The lowest BCUT2D eigenvalue weighted by Gasteiger charge is -2.37. The Hall–Kier alpha value is -2.67. The minimum absolute atomic E-state index is 0.115. The van der Waals surface area contributed by atoms with Gasteiger partial charge in [0, 0.05) is 43.7 Å². The number of piperazine rings is 1. The second kappa shape index (κ2) is 8.60. The summed E-state index contributed by atoms with van der Waals surface area (Å²) >= 11 is 6.46. The van der Waals surface area contributed by atoms with E-state index in [0.717, 1.165) is 19.3 Å². The van der Waals surface area contributed by atoms with Crippen molar-refractivity contribution in [2.24, 2.45) is 5.92 Å². The Morgan fingerprint density at radius 1 is 1.10 bits per heavy atom. The molecule has 1 saturated heterocycles. The van der Waals surface area contributed by atoms with E-state index in [1.165, 1.54) is 22.9 Å². The lowest BCUT2D eigenvalue weighted by Crippen LogP contribution is -2.52. The van der Waals surface area contributed by atoms with Crippen LogP contribution in [-0.4, -0.2) is 57.6 Å². The van der Waals surface area contributed by atoms with E-state index in [0.29, 0.717) is 48.3 Å². The highest BCUT2D eigenvalue weighted by Crippen LogP contribution is 2.29. The van der Waals surface area contributed by atoms with Crippen molar-refractivity contribution in [1.29, 1.82) is 0 Å². The third-order valence-electron chi connectivity index (χ3n) is 5.87. The molecule has 0 N–H and O–H groups in total. The van der Waals surface area contributed by atoms with Crippen LogP contribution in [0.2, 0.25) is 5.15 Å². The van der Waals surface area contributed by atoms with Crippen molar-refractivity contribution in [2.45, 2.75) is 26.2 Å². The second-order valence-corrected chi connectivity index (χ2v) is 8.15. The molecule has 0 spiro atoms. The van der Waals surface area contributed by atoms with Gasteiger partial charge in [-0.15, -0.1) is 0 Å². The van der Waals surface area contributed by atoms with Crippen LogP contribution in [0.25, 0.3) is 11.8 Å². The van der Waals surface area contributed by atoms with Crippen LogP contribution in [0.4, 0.5) is 4.39 Å². The number of rotatable bonds is 4. The molecule has 4 rings (SSSR count). The van der Waals surface area contributed by atoms with Crippen LogP contribution < -0.4 is 0 Å². The average Bonchev–Trinajstić information content (AvgIpc) is 2.99. The topological polar surface area (TPSA) is 58.4 Å². The van der Waals surface area contributed by atoms with Gasteiger partial charge in [-0.05, 0) is 50.1 Å². The third-order valence-corrected chi connectivity index (χ3v) is 6.23. The molecular weight excluding hydrogens is 407 g/mol. The van der Waals surface area contributed by atoms with E-state index in [-0.39, 0.29) is 23.5 Å². The summed E-state index contributed by atoms with van der Waals surface area (Å²) in [5, 5.41) is 4.76. The average molecular weight is 431 g/mol. The zero-order chi connectivity index (χ0) is 21.3. The van der Waals surface area contributed by atoms with Crippen molar-refractivity contribution in [3.05, 3.63) is 52.6 Å². The smallest absolute Gasteiger partial charge is 0.246 e. The number of carbonyl (C=O) groups is 2. The lowest BCUT2D eigenvalue weighted by molar-refractivity contribution is -0.142. The summed E-state index contributed by atoms with van der Waals surface area (Å²) in [5.41, 5.74) is 1.96. The summed E-state index contributed by atoms with van der Waals surface area (Å²) in [6, 6.07) is 5.88. The van der Waals surface area contributed by atoms with Gasteiger partial charge in [0.05, 0.1) is 11.4 Å². The molecule has 30 heavy (non-hydrogen) atoms. The summed E-state index contributed by atoms with van der Waals surface area (Å²) in [5.74, 6) is -0.0240. The van der Waals surface area contributed by atoms with E-state index < -0.39 is 0 Å². The number of halogens is 2. The number of carbonyl (C=O) groups excluding carboxylic acids is 2. The van der Waals surface area contributed by atoms with Crippen molar-refractivity contribution in [1.82, 2.24) is 19.6 Å². The summed E-state index contributed by atoms with van der Waals surface area (Å²) in [4.78, 5) is 28.6. The van der Waals surface area contributed by atoms with E-state index in [4.69, 9.17) is 11.6 Å². The first-order valence-corrected chi connectivity index (χ1v) is 10.6. The van der Waals surface area contributed by atoms with Crippen molar-refractivity contribution in [3.63, 3.8) is 0 Å². The summed E-state index contributed by atoms with van der Waals surface area (Å²) in [6.07, 6.45) is 6.28. The molecule has 2 fully saturated rings. The molecule has 0 atom stereocenters. The van der Waals surface area contributed by atoms with Crippen molar-refractivity contribution in [3.8, 4) is 5.69 Å². The molecule has 1 aromatic carbocycles. The van der Waals surface area contributed by atoms with Gasteiger partial charge in [-0.2, -0.15) is 5.10 Å². The van der Waals surface area contributed by atoms with Crippen LogP contribution in [0.5, 0.6) is 0 Å². The Bertz CT molecular complexity index is 974. The standard InChI is InChI=1S/C22H24ClFN4O2/c1-15-19(21(23)28(25-15)18-7-5-17(24)6-8-18)9-10-20(29)26-11-13-27(14-12-26)22(30)16-3-2-4-16/h5-10,16H,2-4,11-14H2,1H3/b10-9+. The minimum Gasteiger partial charge on any atom is -0.339 e. The van der Waals surface area contributed by atoms with Gasteiger partial charge < -0.3 is 9.80 Å². The van der Waals surface area contributed by atoms with Crippen LogP contribution >= 0.6 is 11.6 Å². The van der Waals surface area contributed by atoms with Gasteiger partial charge in [0.2, 0.25) is 11.8 Å². The highest BCUT2D eigenvalue weighted by atomic mass is 35.5. The third kappa shape index (κ3) is 4.12. The largest absolute Gasteiger partial charge is 0.339 e. The Morgan fingerprint density at radius 3 is 2.33 bits per heavy atom. The fourth-order valence-electron chi connectivity index (χ4n) is 3.77. The predicted molar refractivity (Wildman–Crippen MR) is 113 cm³/mol. The molecular formula is C22H24ClFN4O2. The summed E-state index contributed by atoms with van der Waals surface area (Å²) in [6.45, 7) is 4.03. The van der Waals surface area contributed by atoms with Crippen molar-refractivity contribution >= 4 is 29.5 Å². The molecule has 1 aliphatic heterocycles. The van der Waals surface area contributed by atoms with Gasteiger partial charge >= 0.3 is 0 Å². The quantitative estimate of drug-likeness (QED) is 0.698. The molecule has 0 bridgehead atoms. The maximum absolute atomic E-state index is 13.2. The van der Waals surface area contributed by atoms with E-state index in [9.17, 15) is 14.0 Å². The predicted octanol–water partition coefficient (Wildman–Crippen LogP) is 3.46. The maximum atomic E-state index is 13.2. The Morgan fingerprint density at radius 2 is 1.73 bits per heavy atom. The van der Waals surface area contributed by atoms with E-state index in [2.05, 4.69) is 5.10 Å². The maximum Gasteiger partial charge on any atom is 0.246 e. The zero-order valence-corrected chi connectivity index (χ0v) is 17.6. The van der Waals surface area contributed by atoms with E-state index in [1.54, 1.807) is 30.0 Å². The first-order valence-electron chi connectivity index (χ1n) is 10.2. The number of nitrogens with zero attached hydrogens (tertiary/aromatic N) is 4. The molecule has 1 aromatic heterocycles. The fourth-order valence-corrected chi connectivity index (χ4v) is 4.11. The van der Waals surface area contributed by atoms with Crippen LogP contribution in [-0.2, 0) is 9.59 Å². The normalized spacial score (nSPS) is 17.4. The highest BCUT2D eigenvalue weighted by Gasteiger charge is 2.31.